The molecule has 1 atom stereocenters. The molecule has 0 saturated carbocycles. The molecule has 152 valence electrons. The summed E-state index contributed by atoms with van der Waals surface area (Å²) in [5.41, 5.74) is 3.89. The van der Waals surface area contributed by atoms with Crippen LogP contribution >= 0.6 is 11.3 Å². The molecule has 2 aromatic heterocycles. The molecule has 1 aromatic carbocycles. The topological polar surface area (TPSA) is 30.3 Å². The van der Waals surface area contributed by atoms with Crippen molar-refractivity contribution in [3.8, 4) is 0 Å². The van der Waals surface area contributed by atoms with Gasteiger partial charge in [-0.3, -0.25) is 0 Å². The number of fused-ring (bicyclic) bond motifs is 2. The number of benzene rings is 1. The van der Waals surface area contributed by atoms with Crippen molar-refractivity contribution in [1.82, 2.24) is 14.5 Å². The third-order valence-electron chi connectivity index (χ3n) is 6.25. The molecule has 2 aliphatic rings. The van der Waals surface area contributed by atoms with E-state index in [9.17, 15) is 0 Å². The van der Waals surface area contributed by atoms with Gasteiger partial charge in [0.2, 0.25) is 0 Å². The molecule has 1 fully saturated rings. The van der Waals surface area contributed by atoms with Crippen LogP contribution in [0.1, 0.15) is 46.5 Å². The number of piperidine rings is 1. The van der Waals surface area contributed by atoms with Gasteiger partial charge >= 0.3 is 0 Å². The number of aryl methyl sites for hydroxylation is 4. The Labute approximate surface area is 177 Å². The standard InChI is InChI=1S/C24H29N3OS/c1-26-13-11-20(12-14-26)28-23-22-7-3-2-5-18(22)10-15-27-17-19(25-24(23)27)8-9-21-6-4-16-29-21/h2-7,16-17,20,23H,8-15H2,1H3. The monoisotopic (exact) mass is 407 g/mol. The van der Waals surface area contributed by atoms with Crippen LogP contribution in [0.5, 0.6) is 0 Å². The molecular weight excluding hydrogens is 378 g/mol. The highest BCUT2D eigenvalue weighted by molar-refractivity contribution is 7.09. The second kappa shape index (κ2) is 8.42. The zero-order chi connectivity index (χ0) is 19.6. The predicted octanol–water partition coefficient (Wildman–Crippen LogP) is 4.49. The van der Waals surface area contributed by atoms with Crippen molar-refractivity contribution in [3.05, 3.63) is 75.5 Å². The molecule has 29 heavy (non-hydrogen) atoms. The van der Waals surface area contributed by atoms with E-state index in [1.54, 1.807) is 0 Å². The molecule has 2 aliphatic heterocycles. The minimum absolute atomic E-state index is 0.0578. The maximum Gasteiger partial charge on any atom is 0.142 e. The van der Waals surface area contributed by atoms with Crippen LogP contribution in [-0.2, 0) is 30.5 Å². The van der Waals surface area contributed by atoms with Crippen LogP contribution in [0.3, 0.4) is 0 Å². The van der Waals surface area contributed by atoms with E-state index >= 15 is 0 Å². The summed E-state index contributed by atoms with van der Waals surface area (Å²) < 4.78 is 9.12. The van der Waals surface area contributed by atoms with Crippen LogP contribution in [0, 0.1) is 0 Å². The van der Waals surface area contributed by atoms with Gasteiger partial charge < -0.3 is 14.2 Å². The largest absolute Gasteiger partial charge is 0.362 e. The third-order valence-corrected chi connectivity index (χ3v) is 7.19. The number of thiophene rings is 1. The Bertz CT molecular complexity index is 941. The number of nitrogens with zero attached hydrogens (tertiary/aromatic N) is 3. The van der Waals surface area contributed by atoms with Crippen LogP contribution in [0.15, 0.2) is 48.0 Å². The van der Waals surface area contributed by atoms with Gasteiger partial charge in [-0.15, -0.1) is 11.3 Å². The van der Waals surface area contributed by atoms with E-state index in [0.29, 0.717) is 6.10 Å². The van der Waals surface area contributed by atoms with Gasteiger partial charge in [0, 0.05) is 30.7 Å². The Morgan fingerprint density at radius 2 is 1.93 bits per heavy atom. The first kappa shape index (κ1) is 19.0. The number of aromatic nitrogens is 2. The molecule has 4 nitrogen and oxygen atoms in total. The molecule has 5 rings (SSSR count). The van der Waals surface area contributed by atoms with Gasteiger partial charge in [-0.1, -0.05) is 30.3 Å². The van der Waals surface area contributed by atoms with Gasteiger partial charge in [0.05, 0.1) is 11.8 Å². The number of ether oxygens (including phenoxy) is 1. The molecule has 0 aliphatic carbocycles. The van der Waals surface area contributed by atoms with Gasteiger partial charge in [-0.05, 0) is 61.7 Å². The lowest BCUT2D eigenvalue weighted by Gasteiger charge is -2.32. The van der Waals surface area contributed by atoms with Crippen molar-refractivity contribution in [2.24, 2.45) is 0 Å². The van der Waals surface area contributed by atoms with E-state index in [4.69, 9.17) is 9.72 Å². The van der Waals surface area contributed by atoms with E-state index in [1.165, 1.54) is 21.7 Å². The van der Waals surface area contributed by atoms with Crippen LogP contribution < -0.4 is 0 Å². The van der Waals surface area contributed by atoms with Gasteiger partial charge in [-0.25, -0.2) is 4.98 Å². The Hall–Kier alpha value is -1.95. The zero-order valence-electron chi connectivity index (χ0n) is 17.1. The van der Waals surface area contributed by atoms with Gasteiger partial charge in [0.25, 0.3) is 0 Å². The highest BCUT2D eigenvalue weighted by Crippen LogP contribution is 2.34. The molecule has 0 radical (unpaired) electrons. The molecule has 0 amide bonds. The Morgan fingerprint density at radius 3 is 2.76 bits per heavy atom. The molecule has 0 N–H and O–H groups in total. The molecule has 4 heterocycles. The van der Waals surface area contributed by atoms with Crippen LogP contribution in [0.2, 0.25) is 0 Å². The van der Waals surface area contributed by atoms with Crippen LogP contribution in [-0.4, -0.2) is 40.7 Å². The van der Waals surface area contributed by atoms with Crippen molar-refractivity contribution in [2.45, 2.75) is 50.9 Å². The number of hydrogen-bond donors (Lipinski definition) is 0. The number of rotatable bonds is 5. The normalized spacial score (nSPS) is 20.2. The number of hydrogen-bond acceptors (Lipinski definition) is 4. The summed E-state index contributed by atoms with van der Waals surface area (Å²) in [4.78, 5) is 8.92. The van der Waals surface area contributed by atoms with Crippen molar-refractivity contribution in [1.29, 1.82) is 0 Å². The fourth-order valence-electron chi connectivity index (χ4n) is 4.55. The highest BCUT2D eigenvalue weighted by atomic mass is 32.1. The average molecular weight is 408 g/mol. The van der Waals surface area contributed by atoms with Crippen molar-refractivity contribution >= 4 is 11.3 Å². The third kappa shape index (κ3) is 4.18. The number of likely N-dealkylation sites (tertiary alicyclic amines) is 1. The molecule has 1 saturated heterocycles. The lowest BCUT2D eigenvalue weighted by atomic mass is 10.00. The Morgan fingerprint density at radius 1 is 1.07 bits per heavy atom. The van der Waals surface area contributed by atoms with Crippen molar-refractivity contribution in [3.63, 3.8) is 0 Å². The van der Waals surface area contributed by atoms with Crippen molar-refractivity contribution in [2.75, 3.05) is 20.1 Å². The molecular formula is C24H29N3OS. The van der Waals surface area contributed by atoms with E-state index in [1.807, 2.05) is 11.3 Å². The summed E-state index contributed by atoms with van der Waals surface area (Å²) >= 11 is 1.83. The van der Waals surface area contributed by atoms with E-state index in [0.717, 1.165) is 57.6 Å². The van der Waals surface area contributed by atoms with Crippen LogP contribution in [0.25, 0.3) is 0 Å². The van der Waals surface area contributed by atoms with Gasteiger partial charge in [0.1, 0.15) is 11.9 Å². The average Bonchev–Trinajstić information content (AvgIpc) is 3.38. The summed E-state index contributed by atoms with van der Waals surface area (Å²) in [6.45, 7) is 3.20. The second-order valence-electron chi connectivity index (χ2n) is 8.33. The van der Waals surface area contributed by atoms with E-state index in [-0.39, 0.29) is 6.10 Å². The van der Waals surface area contributed by atoms with E-state index in [2.05, 4.69) is 64.5 Å². The Kier molecular flexibility index (Phi) is 5.53. The van der Waals surface area contributed by atoms with Crippen LogP contribution in [0.4, 0.5) is 0 Å². The first-order valence-electron chi connectivity index (χ1n) is 10.8. The SMILES string of the molecule is CN1CCC(OC2c3ccccc3CCn3cc(CCc4cccs4)nc32)CC1. The lowest BCUT2D eigenvalue weighted by molar-refractivity contribution is -0.0276. The quantitative estimate of drug-likeness (QED) is 0.624. The Balaban J connectivity index is 1.42. The fourth-order valence-corrected chi connectivity index (χ4v) is 5.26. The molecule has 0 bridgehead atoms. The molecule has 5 heteroatoms. The first-order valence-corrected chi connectivity index (χ1v) is 11.6. The summed E-state index contributed by atoms with van der Waals surface area (Å²) in [6, 6.07) is 13.1. The van der Waals surface area contributed by atoms with Gasteiger partial charge in [-0.2, -0.15) is 0 Å². The fraction of sp³-hybridized carbons (Fsp3) is 0.458. The summed E-state index contributed by atoms with van der Waals surface area (Å²) in [7, 11) is 2.20. The molecule has 3 aromatic rings. The van der Waals surface area contributed by atoms with Crippen molar-refractivity contribution < 1.29 is 4.74 Å². The summed E-state index contributed by atoms with van der Waals surface area (Å²) in [5.74, 6) is 1.09. The minimum Gasteiger partial charge on any atom is -0.362 e. The molecule has 1 unspecified atom stereocenters. The maximum atomic E-state index is 6.77. The maximum absolute atomic E-state index is 6.77. The number of imidazole rings is 1. The minimum atomic E-state index is -0.0578. The summed E-state index contributed by atoms with van der Waals surface area (Å²) in [6.07, 6.45) is 7.80. The van der Waals surface area contributed by atoms with Gasteiger partial charge in [0.15, 0.2) is 0 Å². The first-order chi connectivity index (χ1) is 14.3. The molecule has 0 spiro atoms. The lowest BCUT2D eigenvalue weighted by Crippen LogP contribution is -2.35. The smallest absolute Gasteiger partial charge is 0.142 e. The van der Waals surface area contributed by atoms with E-state index < -0.39 is 0 Å². The predicted molar refractivity (Wildman–Crippen MR) is 118 cm³/mol. The second-order valence-corrected chi connectivity index (χ2v) is 9.36. The summed E-state index contributed by atoms with van der Waals surface area (Å²) in [5, 5.41) is 2.15. The zero-order valence-corrected chi connectivity index (χ0v) is 17.9. The highest BCUT2D eigenvalue weighted by Gasteiger charge is 2.30.